The summed E-state index contributed by atoms with van der Waals surface area (Å²) in [5.74, 6) is -0.404. The van der Waals surface area contributed by atoms with Crippen LogP contribution in [-0.4, -0.2) is 34.5 Å². The third-order valence-electron chi connectivity index (χ3n) is 4.43. The van der Waals surface area contributed by atoms with Crippen molar-refractivity contribution in [2.75, 3.05) is 12.4 Å². The van der Waals surface area contributed by atoms with E-state index < -0.39 is 0 Å². The molecule has 0 atom stereocenters. The number of carbonyl (C=O) groups excluding carboxylic acids is 3. The smallest absolute Gasteiger partial charge is 0.272 e. The van der Waals surface area contributed by atoms with Gasteiger partial charge in [0, 0.05) is 37.5 Å². The molecule has 0 saturated carbocycles. The van der Waals surface area contributed by atoms with Crippen LogP contribution in [0.1, 0.15) is 58.4 Å². The van der Waals surface area contributed by atoms with Gasteiger partial charge in [0.15, 0.2) is 5.78 Å². The lowest BCUT2D eigenvalue weighted by atomic mass is 10.0. The number of para-hydroxylation sites is 1. The van der Waals surface area contributed by atoms with Gasteiger partial charge in [-0.15, -0.1) is 0 Å². The van der Waals surface area contributed by atoms with Crippen LogP contribution in [0.4, 0.5) is 5.69 Å². The molecule has 2 rings (SSSR count). The van der Waals surface area contributed by atoms with E-state index in [0.717, 1.165) is 11.1 Å². The highest BCUT2D eigenvalue weighted by Gasteiger charge is 2.22. The Hall–Kier alpha value is -2.89. The Bertz CT molecular complexity index is 852. The topological polar surface area (TPSA) is 82.3 Å². The number of Topliss-reactive ketones (excluding diaryl/α,β-unsaturated/α-hetero) is 1. The molecule has 1 aromatic heterocycles. The number of aromatic nitrogens is 1. The van der Waals surface area contributed by atoms with E-state index in [4.69, 9.17) is 0 Å². The number of amides is 2. The Morgan fingerprint density at radius 1 is 1.15 bits per heavy atom. The Balaban J connectivity index is 2.33. The first-order chi connectivity index (χ1) is 12.3. The van der Waals surface area contributed by atoms with Crippen LogP contribution in [0, 0.1) is 6.92 Å². The highest BCUT2D eigenvalue weighted by molar-refractivity contribution is 6.08. The molecule has 6 nitrogen and oxygen atoms in total. The van der Waals surface area contributed by atoms with Gasteiger partial charge in [-0.2, -0.15) is 0 Å². The van der Waals surface area contributed by atoms with Crippen LogP contribution >= 0.6 is 0 Å². The molecule has 2 N–H and O–H groups in total. The molecule has 2 aromatic rings. The number of ketones is 1. The number of H-pyrrole nitrogens is 1. The quantitative estimate of drug-likeness (QED) is 0.780. The zero-order valence-corrected chi connectivity index (χ0v) is 15.9. The number of hydrogen-bond donors (Lipinski definition) is 2. The largest absolute Gasteiger partial charge is 0.354 e. The van der Waals surface area contributed by atoms with Crippen molar-refractivity contribution in [2.24, 2.45) is 0 Å². The molecule has 0 fully saturated rings. The van der Waals surface area contributed by atoms with Crippen LogP contribution in [-0.2, 0) is 17.8 Å². The summed E-state index contributed by atoms with van der Waals surface area (Å²) in [6.07, 6.45) is 0.580. The van der Waals surface area contributed by atoms with Gasteiger partial charge in [0.2, 0.25) is 5.91 Å². The number of benzene rings is 1. The van der Waals surface area contributed by atoms with E-state index in [-0.39, 0.29) is 17.6 Å². The lowest BCUT2D eigenvalue weighted by Crippen LogP contribution is -2.24. The lowest BCUT2D eigenvalue weighted by molar-refractivity contribution is -0.128. The number of hydrogen-bond acceptors (Lipinski definition) is 3. The number of nitrogens with zero attached hydrogens (tertiary/aromatic N) is 1. The van der Waals surface area contributed by atoms with E-state index in [0.29, 0.717) is 35.6 Å². The Morgan fingerprint density at radius 2 is 1.81 bits per heavy atom. The summed E-state index contributed by atoms with van der Waals surface area (Å²) in [7, 11) is 1.71. The second-order valence-electron chi connectivity index (χ2n) is 6.37. The molecule has 0 aliphatic heterocycles. The van der Waals surface area contributed by atoms with Gasteiger partial charge >= 0.3 is 0 Å². The van der Waals surface area contributed by atoms with Crippen LogP contribution in [0.25, 0.3) is 0 Å². The van der Waals surface area contributed by atoms with Crippen molar-refractivity contribution in [3.63, 3.8) is 0 Å². The Morgan fingerprint density at radius 3 is 2.38 bits per heavy atom. The van der Waals surface area contributed by atoms with Crippen LogP contribution in [0.2, 0.25) is 0 Å². The molecule has 2 amide bonds. The summed E-state index contributed by atoms with van der Waals surface area (Å²) in [5.41, 5.74) is 3.90. The zero-order valence-electron chi connectivity index (χ0n) is 15.9. The molecular formula is C20H25N3O3. The van der Waals surface area contributed by atoms with E-state index in [2.05, 4.69) is 10.3 Å². The van der Waals surface area contributed by atoms with Gasteiger partial charge in [0.05, 0.1) is 0 Å². The lowest BCUT2D eigenvalue weighted by Gasteiger charge is -2.18. The van der Waals surface area contributed by atoms with E-state index in [1.165, 1.54) is 13.8 Å². The normalized spacial score (nSPS) is 10.5. The van der Waals surface area contributed by atoms with Gasteiger partial charge in [0.25, 0.3) is 5.91 Å². The molecule has 0 radical (unpaired) electrons. The summed E-state index contributed by atoms with van der Waals surface area (Å²) >= 11 is 0. The SMILES string of the molecule is CCc1c(C(=O)Nc2ccccc2CN(C)C(C)=O)[nH]c(C)c1C(C)=O. The molecule has 138 valence electrons. The minimum Gasteiger partial charge on any atom is -0.354 e. The van der Waals surface area contributed by atoms with Crippen molar-refractivity contribution in [2.45, 2.75) is 40.7 Å². The Labute approximate surface area is 153 Å². The average Bonchev–Trinajstić information content (AvgIpc) is 2.93. The summed E-state index contributed by atoms with van der Waals surface area (Å²) < 4.78 is 0. The standard InChI is InChI=1S/C20H25N3O3/c1-6-16-18(13(3)24)12(2)21-19(16)20(26)22-17-10-8-7-9-15(17)11-23(5)14(4)25/h7-10,21H,6,11H2,1-5H3,(H,22,26). The van der Waals surface area contributed by atoms with Crippen molar-refractivity contribution in [3.8, 4) is 0 Å². The summed E-state index contributed by atoms with van der Waals surface area (Å²) in [4.78, 5) is 40.8. The van der Waals surface area contributed by atoms with E-state index in [9.17, 15) is 14.4 Å². The second kappa shape index (κ2) is 7.99. The number of anilines is 1. The number of carbonyl (C=O) groups is 3. The molecule has 6 heteroatoms. The van der Waals surface area contributed by atoms with Crippen molar-refractivity contribution in [1.29, 1.82) is 0 Å². The third kappa shape index (κ3) is 4.02. The fourth-order valence-corrected chi connectivity index (χ4v) is 3.03. The van der Waals surface area contributed by atoms with Crippen LogP contribution in [0.15, 0.2) is 24.3 Å². The van der Waals surface area contributed by atoms with Crippen LogP contribution in [0.3, 0.4) is 0 Å². The van der Waals surface area contributed by atoms with Crippen molar-refractivity contribution in [3.05, 3.63) is 52.3 Å². The van der Waals surface area contributed by atoms with Gasteiger partial charge in [-0.05, 0) is 37.5 Å². The summed E-state index contributed by atoms with van der Waals surface area (Å²) in [5, 5.41) is 2.91. The monoisotopic (exact) mass is 355 g/mol. The maximum Gasteiger partial charge on any atom is 0.272 e. The molecule has 0 bridgehead atoms. The minimum absolute atomic E-state index is 0.0505. The third-order valence-corrected chi connectivity index (χ3v) is 4.43. The molecule has 0 unspecified atom stereocenters. The predicted octanol–water partition coefficient (Wildman–Crippen LogP) is 3.32. The first kappa shape index (κ1) is 19.4. The second-order valence-corrected chi connectivity index (χ2v) is 6.37. The van der Waals surface area contributed by atoms with E-state index >= 15 is 0 Å². The van der Waals surface area contributed by atoms with E-state index in [1.807, 2.05) is 25.1 Å². The molecule has 1 heterocycles. The number of aromatic amines is 1. The van der Waals surface area contributed by atoms with Crippen LogP contribution in [0.5, 0.6) is 0 Å². The molecule has 1 aromatic carbocycles. The Kier molecular flexibility index (Phi) is 5.97. The highest BCUT2D eigenvalue weighted by Crippen LogP contribution is 2.23. The minimum atomic E-state index is -0.296. The van der Waals surface area contributed by atoms with Gasteiger partial charge in [0.1, 0.15) is 5.69 Å². The highest BCUT2D eigenvalue weighted by atomic mass is 16.2. The van der Waals surface area contributed by atoms with Crippen LogP contribution < -0.4 is 5.32 Å². The first-order valence-electron chi connectivity index (χ1n) is 8.59. The number of nitrogens with one attached hydrogen (secondary N) is 2. The fourth-order valence-electron chi connectivity index (χ4n) is 3.03. The van der Waals surface area contributed by atoms with E-state index in [1.54, 1.807) is 24.9 Å². The first-order valence-corrected chi connectivity index (χ1v) is 8.59. The average molecular weight is 355 g/mol. The summed E-state index contributed by atoms with van der Waals surface area (Å²) in [6, 6.07) is 7.36. The molecule has 0 aliphatic rings. The fraction of sp³-hybridized carbons (Fsp3) is 0.350. The molecular weight excluding hydrogens is 330 g/mol. The molecule has 26 heavy (non-hydrogen) atoms. The van der Waals surface area contributed by atoms with Crippen molar-refractivity contribution >= 4 is 23.3 Å². The van der Waals surface area contributed by atoms with Gasteiger partial charge in [-0.25, -0.2) is 0 Å². The predicted molar refractivity (Wildman–Crippen MR) is 101 cm³/mol. The van der Waals surface area contributed by atoms with Crippen molar-refractivity contribution < 1.29 is 14.4 Å². The zero-order chi connectivity index (χ0) is 19.4. The maximum atomic E-state index is 12.8. The van der Waals surface area contributed by atoms with Crippen molar-refractivity contribution in [1.82, 2.24) is 9.88 Å². The maximum absolute atomic E-state index is 12.8. The van der Waals surface area contributed by atoms with Gasteiger partial charge in [-0.3, -0.25) is 14.4 Å². The van der Waals surface area contributed by atoms with Gasteiger partial charge in [-0.1, -0.05) is 25.1 Å². The number of rotatable bonds is 6. The molecule has 0 aliphatic carbocycles. The number of aryl methyl sites for hydroxylation is 1. The summed E-state index contributed by atoms with van der Waals surface area (Å²) in [6.45, 7) is 7.11. The molecule has 0 spiro atoms. The van der Waals surface area contributed by atoms with Gasteiger partial charge < -0.3 is 15.2 Å². The molecule has 0 saturated heterocycles.